The summed E-state index contributed by atoms with van der Waals surface area (Å²) in [6.07, 6.45) is 7.79. The van der Waals surface area contributed by atoms with Gasteiger partial charge in [-0.25, -0.2) is 8.42 Å². The first kappa shape index (κ1) is 23.1. The van der Waals surface area contributed by atoms with Crippen LogP contribution in [-0.2, 0) is 32.6 Å². The molecule has 0 atom stereocenters. The maximum absolute atomic E-state index is 12.9. The normalized spacial score (nSPS) is 15.2. The van der Waals surface area contributed by atoms with E-state index >= 15 is 0 Å². The number of hydrogen-bond donors (Lipinski definition) is 0. The second-order valence-electron chi connectivity index (χ2n) is 7.88. The number of esters is 1. The Kier molecular flexibility index (Phi) is 7.46. The minimum Gasteiger partial charge on any atom is -0.456 e. The number of sulfonamides is 1. The smallest absolute Gasteiger partial charge is 0.306 e. The topological polar surface area (TPSA) is 115 Å². The maximum atomic E-state index is 12.9. The summed E-state index contributed by atoms with van der Waals surface area (Å²) in [6.45, 7) is 1.03. The predicted molar refractivity (Wildman–Crippen MR) is 119 cm³/mol. The Bertz CT molecular complexity index is 1160. The average Bonchev–Trinajstić information content (AvgIpc) is 3.14. The Morgan fingerprint density at radius 3 is 2.52 bits per heavy atom. The molecule has 2 aromatic heterocycles. The minimum absolute atomic E-state index is 0.112. The van der Waals surface area contributed by atoms with Gasteiger partial charge in [0.15, 0.2) is 6.61 Å². The van der Waals surface area contributed by atoms with Crippen molar-refractivity contribution in [3.05, 3.63) is 60.2 Å². The Morgan fingerprint density at radius 1 is 1.06 bits per heavy atom. The highest BCUT2D eigenvalue weighted by Gasteiger charge is 2.25. The van der Waals surface area contributed by atoms with E-state index < -0.39 is 16.0 Å². The van der Waals surface area contributed by atoms with Crippen LogP contribution in [0.2, 0.25) is 0 Å². The molecule has 0 saturated carbocycles. The molecule has 0 N–H and O–H groups in total. The van der Waals surface area contributed by atoms with Gasteiger partial charge in [0.2, 0.25) is 15.8 Å². The molecule has 0 radical (unpaired) electrons. The molecule has 1 aliphatic heterocycles. The van der Waals surface area contributed by atoms with Crippen molar-refractivity contribution in [3.63, 3.8) is 0 Å². The van der Waals surface area contributed by atoms with Gasteiger partial charge in [0.25, 0.3) is 5.89 Å². The number of hydrogen-bond acceptors (Lipinski definition) is 8. The number of benzene rings is 1. The lowest BCUT2D eigenvalue weighted by Gasteiger charge is -2.20. The summed E-state index contributed by atoms with van der Waals surface area (Å²) in [5.74, 6) is 0.173. The lowest BCUT2D eigenvalue weighted by Crippen LogP contribution is -2.31. The molecule has 0 bridgehead atoms. The van der Waals surface area contributed by atoms with Crippen LogP contribution in [0.15, 0.2) is 58.2 Å². The second-order valence-corrected chi connectivity index (χ2v) is 9.81. The molecule has 0 spiro atoms. The molecule has 1 aliphatic rings. The highest BCUT2D eigenvalue weighted by molar-refractivity contribution is 7.89. The Labute approximate surface area is 192 Å². The fraction of sp³-hybridized carbons (Fsp3) is 0.391. The largest absolute Gasteiger partial charge is 0.456 e. The zero-order valence-electron chi connectivity index (χ0n) is 18.2. The van der Waals surface area contributed by atoms with E-state index in [1.807, 2.05) is 0 Å². The molecular weight excluding hydrogens is 444 g/mol. The zero-order chi connectivity index (χ0) is 23.1. The molecule has 1 fully saturated rings. The number of aryl methyl sites for hydroxylation is 1. The first-order valence-corrected chi connectivity index (χ1v) is 12.4. The Hall–Kier alpha value is -3.11. The molecule has 0 amide bonds. The maximum Gasteiger partial charge on any atom is 0.306 e. The molecule has 0 aliphatic carbocycles. The Morgan fingerprint density at radius 2 is 1.82 bits per heavy atom. The first-order valence-electron chi connectivity index (χ1n) is 11.0. The van der Waals surface area contributed by atoms with Crippen LogP contribution in [0, 0.1) is 0 Å². The molecule has 10 heteroatoms. The highest BCUT2D eigenvalue weighted by Crippen LogP contribution is 2.21. The van der Waals surface area contributed by atoms with Crippen molar-refractivity contribution in [2.75, 3.05) is 13.1 Å². The van der Waals surface area contributed by atoms with Crippen LogP contribution in [-0.4, -0.2) is 46.9 Å². The van der Waals surface area contributed by atoms with Gasteiger partial charge in [-0.2, -0.15) is 9.29 Å². The number of rotatable bonds is 8. The molecule has 3 heterocycles. The van der Waals surface area contributed by atoms with Crippen LogP contribution < -0.4 is 0 Å². The van der Waals surface area contributed by atoms with E-state index in [4.69, 9.17) is 9.26 Å². The third-order valence-electron chi connectivity index (χ3n) is 5.49. The van der Waals surface area contributed by atoms with Gasteiger partial charge >= 0.3 is 5.97 Å². The molecule has 3 aromatic rings. The van der Waals surface area contributed by atoms with Crippen LogP contribution in [0.5, 0.6) is 0 Å². The summed E-state index contributed by atoms with van der Waals surface area (Å²) >= 11 is 0. The molecule has 4 rings (SSSR count). The molecule has 174 valence electrons. The van der Waals surface area contributed by atoms with Crippen molar-refractivity contribution < 1.29 is 22.5 Å². The average molecular weight is 471 g/mol. The standard InChI is InChI=1S/C23H26N4O5S/c28-22(31-17-21-25-23(26-32-21)19-6-5-13-24-16-19)12-9-18-7-10-20(11-8-18)33(29,30)27-14-3-1-2-4-15-27/h5-8,10-11,13,16H,1-4,9,12,14-15,17H2. The summed E-state index contributed by atoms with van der Waals surface area (Å²) in [5, 5.41) is 3.85. The number of ether oxygens (including phenoxy) is 1. The number of nitrogens with zero attached hydrogens (tertiary/aromatic N) is 4. The minimum atomic E-state index is -3.48. The van der Waals surface area contributed by atoms with Gasteiger partial charge in [0.1, 0.15) is 0 Å². The van der Waals surface area contributed by atoms with Crippen LogP contribution >= 0.6 is 0 Å². The van der Waals surface area contributed by atoms with Crippen LogP contribution in [0.1, 0.15) is 43.6 Å². The fourth-order valence-electron chi connectivity index (χ4n) is 3.65. The predicted octanol–water partition coefficient (Wildman–Crippen LogP) is 3.37. The van der Waals surface area contributed by atoms with Gasteiger partial charge < -0.3 is 9.26 Å². The zero-order valence-corrected chi connectivity index (χ0v) is 19.0. The molecule has 1 saturated heterocycles. The van der Waals surface area contributed by atoms with Crippen LogP contribution in [0.3, 0.4) is 0 Å². The SMILES string of the molecule is O=C(CCc1ccc(S(=O)(=O)N2CCCCCC2)cc1)OCc1nc(-c2cccnc2)no1. The van der Waals surface area contributed by atoms with Gasteiger partial charge in [-0.05, 0) is 49.1 Å². The summed E-state index contributed by atoms with van der Waals surface area (Å²) in [5.41, 5.74) is 1.57. The van der Waals surface area contributed by atoms with E-state index in [9.17, 15) is 13.2 Å². The first-order chi connectivity index (χ1) is 16.0. The summed E-state index contributed by atoms with van der Waals surface area (Å²) < 4.78 is 37.6. The van der Waals surface area contributed by atoms with Crippen molar-refractivity contribution >= 4 is 16.0 Å². The van der Waals surface area contributed by atoms with Gasteiger partial charge in [-0.1, -0.05) is 30.1 Å². The lowest BCUT2D eigenvalue weighted by molar-refractivity contribution is -0.145. The van der Waals surface area contributed by atoms with Gasteiger partial charge in [-0.3, -0.25) is 9.78 Å². The lowest BCUT2D eigenvalue weighted by atomic mass is 10.1. The number of carbonyl (C=O) groups excluding carboxylic acids is 1. The Balaban J connectivity index is 1.26. The van der Waals surface area contributed by atoms with E-state index in [0.717, 1.165) is 31.2 Å². The summed E-state index contributed by atoms with van der Waals surface area (Å²) in [4.78, 5) is 20.6. The van der Waals surface area contributed by atoms with Crippen LogP contribution in [0.4, 0.5) is 0 Å². The third-order valence-corrected chi connectivity index (χ3v) is 7.40. The van der Waals surface area contributed by atoms with Crippen molar-refractivity contribution in [2.45, 2.75) is 50.0 Å². The highest BCUT2D eigenvalue weighted by atomic mass is 32.2. The second kappa shape index (κ2) is 10.7. The number of carbonyl (C=O) groups is 1. The summed E-state index contributed by atoms with van der Waals surface area (Å²) in [6, 6.07) is 10.3. The van der Waals surface area contributed by atoms with Crippen molar-refractivity contribution in [1.82, 2.24) is 19.4 Å². The van der Waals surface area contributed by atoms with E-state index in [1.54, 1.807) is 53.1 Å². The molecule has 1 aromatic carbocycles. The molecule has 9 nitrogen and oxygen atoms in total. The monoisotopic (exact) mass is 470 g/mol. The third kappa shape index (κ3) is 6.02. The number of pyridine rings is 1. The van der Waals surface area contributed by atoms with Crippen molar-refractivity contribution in [2.24, 2.45) is 0 Å². The molecular formula is C23H26N4O5S. The van der Waals surface area contributed by atoms with Crippen molar-refractivity contribution in [3.8, 4) is 11.4 Å². The van der Waals surface area contributed by atoms with Crippen molar-refractivity contribution in [1.29, 1.82) is 0 Å². The fourth-order valence-corrected chi connectivity index (χ4v) is 5.16. The van der Waals surface area contributed by atoms with Gasteiger partial charge in [0.05, 0.1) is 4.90 Å². The molecule has 0 unspecified atom stereocenters. The van der Waals surface area contributed by atoms with E-state index in [0.29, 0.717) is 30.9 Å². The van der Waals surface area contributed by atoms with E-state index in [2.05, 4.69) is 15.1 Å². The van der Waals surface area contributed by atoms with Gasteiger partial charge in [-0.15, -0.1) is 0 Å². The van der Waals surface area contributed by atoms with Gasteiger partial charge in [0, 0.05) is 37.5 Å². The number of aromatic nitrogens is 3. The molecule has 33 heavy (non-hydrogen) atoms. The quantitative estimate of drug-likeness (QED) is 0.460. The summed E-state index contributed by atoms with van der Waals surface area (Å²) in [7, 11) is -3.48. The van der Waals surface area contributed by atoms with Crippen LogP contribution in [0.25, 0.3) is 11.4 Å². The van der Waals surface area contributed by atoms with E-state index in [1.165, 1.54) is 0 Å². The van der Waals surface area contributed by atoms with E-state index in [-0.39, 0.29) is 23.8 Å².